The number of ether oxygens (including phenoxy) is 2. The molecule has 0 bridgehead atoms. The fourth-order valence-corrected chi connectivity index (χ4v) is 3.03. The fraction of sp³-hybridized carbons (Fsp3) is 0.333. The van der Waals surface area contributed by atoms with Gasteiger partial charge in [0.25, 0.3) is 11.1 Å². The van der Waals surface area contributed by atoms with Gasteiger partial charge in [0.2, 0.25) is 0 Å². The summed E-state index contributed by atoms with van der Waals surface area (Å²) in [6.07, 6.45) is 6.86. The van der Waals surface area contributed by atoms with Crippen molar-refractivity contribution in [1.29, 1.82) is 0 Å². The number of imide groups is 1. The minimum Gasteiger partial charge on any atom is -0.493 e. The summed E-state index contributed by atoms with van der Waals surface area (Å²) in [5, 5.41) is -0.235. The van der Waals surface area contributed by atoms with E-state index in [-0.39, 0.29) is 23.7 Å². The van der Waals surface area contributed by atoms with Crippen LogP contribution >= 0.6 is 11.8 Å². The van der Waals surface area contributed by atoms with Crippen molar-refractivity contribution >= 4 is 29.0 Å². The highest BCUT2D eigenvalue weighted by Crippen LogP contribution is 2.34. The Morgan fingerprint density at radius 2 is 2.08 bits per heavy atom. The van der Waals surface area contributed by atoms with E-state index in [1.54, 1.807) is 24.3 Å². The second-order valence-corrected chi connectivity index (χ2v) is 6.58. The number of thioether (sulfide) groups is 1. The molecule has 126 valence electrons. The van der Waals surface area contributed by atoms with Gasteiger partial charge in [0.15, 0.2) is 11.5 Å². The van der Waals surface area contributed by atoms with Gasteiger partial charge in [0.1, 0.15) is 6.61 Å². The van der Waals surface area contributed by atoms with Crippen LogP contribution in [0.4, 0.5) is 4.79 Å². The van der Waals surface area contributed by atoms with Gasteiger partial charge in [0.05, 0.1) is 12.0 Å². The Balaban J connectivity index is 2.24. The molecule has 1 aliphatic rings. The zero-order chi connectivity index (χ0) is 17.7. The maximum absolute atomic E-state index is 12.4. The second kappa shape index (κ2) is 7.93. The number of terminal acetylenes is 1. The first-order chi connectivity index (χ1) is 11.5. The van der Waals surface area contributed by atoms with Crippen LogP contribution in [0.5, 0.6) is 11.5 Å². The first-order valence-electron chi connectivity index (χ1n) is 7.46. The Kier molecular flexibility index (Phi) is 5.93. The number of methoxy groups -OCH3 is 1. The van der Waals surface area contributed by atoms with Crippen molar-refractivity contribution in [2.24, 2.45) is 5.92 Å². The third-order valence-electron chi connectivity index (χ3n) is 3.22. The van der Waals surface area contributed by atoms with Crippen molar-refractivity contribution in [3.63, 3.8) is 0 Å². The minimum atomic E-state index is -0.259. The first-order valence-corrected chi connectivity index (χ1v) is 8.27. The van der Waals surface area contributed by atoms with Gasteiger partial charge in [-0.3, -0.25) is 14.5 Å². The molecule has 0 atom stereocenters. The molecule has 0 aliphatic carbocycles. The summed E-state index contributed by atoms with van der Waals surface area (Å²) in [5.74, 6) is 3.40. The third-order valence-corrected chi connectivity index (χ3v) is 4.13. The average Bonchev–Trinajstić information content (AvgIpc) is 2.80. The van der Waals surface area contributed by atoms with E-state index < -0.39 is 0 Å². The van der Waals surface area contributed by atoms with Crippen LogP contribution in [0.15, 0.2) is 23.1 Å². The van der Waals surface area contributed by atoms with E-state index in [2.05, 4.69) is 5.92 Å². The van der Waals surface area contributed by atoms with Crippen LogP contribution in [0, 0.1) is 18.3 Å². The van der Waals surface area contributed by atoms with Gasteiger partial charge in [-0.05, 0) is 41.5 Å². The quantitative estimate of drug-likeness (QED) is 0.584. The predicted molar refractivity (Wildman–Crippen MR) is 94.8 cm³/mol. The maximum atomic E-state index is 12.4. The van der Waals surface area contributed by atoms with Gasteiger partial charge in [-0.25, -0.2) is 0 Å². The molecule has 0 spiro atoms. The standard InChI is InChI=1S/C18H19NO4S/c1-5-8-23-14-7-6-13(9-15(14)22-4)10-16-17(20)19(11-12(2)3)18(21)24-16/h1,6-7,9-10,12H,8,11H2,2-4H3/b16-10-. The monoisotopic (exact) mass is 345 g/mol. The Hall–Kier alpha value is -2.39. The van der Waals surface area contributed by atoms with Crippen molar-refractivity contribution in [3.05, 3.63) is 28.7 Å². The number of carbonyl (C=O) groups excluding carboxylic acids is 2. The molecule has 0 radical (unpaired) electrons. The van der Waals surface area contributed by atoms with Gasteiger partial charge in [-0.2, -0.15) is 0 Å². The molecule has 0 unspecified atom stereocenters. The van der Waals surface area contributed by atoms with E-state index in [0.717, 1.165) is 17.3 Å². The van der Waals surface area contributed by atoms with Gasteiger partial charge >= 0.3 is 0 Å². The Labute approximate surface area is 146 Å². The van der Waals surface area contributed by atoms with Crippen LogP contribution in [-0.4, -0.2) is 36.3 Å². The molecule has 1 heterocycles. The molecule has 2 amide bonds. The summed E-state index contributed by atoms with van der Waals surface area (Å²) < 4.78 is 10.7. The van der Waals surface area contributed by atoms with Crippen LogP contribution in [0.2, 0.25) is 0 Å². The van der Waals surface area contributed by atoms with E-state index in [9.17, 15) is 9.59 Å². The number of hydrogen-bond acceptors (Lipinski definition) is 5. The minimum absolute atomic E-state index is 0.143. The van der Waals surface area contributed by atoms with E-state index in [4.69, 9.17) is 15.9 Å². The molecular formula is C18H19NO4S. The molecule has 1 aliphatic heterocycles. The summed E-state index contributed by atoms with van der Waals surface area (Å²) in [5.41, 5.74) is 0.745. The molecule has 0 saturated carbocycles. The molecule has 1 saturated heterocycles. The first kappa shape index (κ1) is 18.0. The summed E-state index contributed by atoms with van der Waals surface area (Å²) in [6.45, 7) is 4.49. The van der Waals surface area contributed by atoms with Crippen molar-refractivity contribution in [3.8, 4) is 23.8 Å². The normalized spacial score (nSPS) is 16.0. The topological polar surface area (TPSA) is 55.8 Å². The zero-order valence-corrected chi connectivity index (χ0v) is 14.7. The molecular weight excluding hydrogens is 326 g/mol. The number of hydrogen-bond donors (Lipinski definition) is 0. The Morgan fingerprint density at radius 3 is 2.71 bits per heavy atom. The SMILES string of the molecule is C#CCOc1ccc(/C=C2\SC(=O)N(CC(C)C)C2=O)cc1OC. The van der Waals surface area contributed by atoms with E-state index in [0.29, 0.717) is 22.9 Å². The second-order valence-electron chi connectivity index (χ2n) is 5.59. The molecule has 5 nitrogen and oxygen atoms in total. The number of amides is 2. The molecule has 2 rings (SSSR count). The molecule has 1 fully saturated rings. The summed E-state index contributed by atoms with van der Waals surface area (Å²) in [6, 6.07) is 5.24. The molecule has 1 aromatic carbocycles. The highest BCUT2D eigenvalue weighted by Gasteiger charge is 2.35. The molecule has 0 N–H and O–H groups in total. The fourth-order valence-electron chi connectivity index (χ4n) is 2.19. The Morgan fingerprint density at radius 1 is 1.33 bits per heavy atom. The maximum Gasteiger partial charge on any atom is 0.293 e. The van der Waals surface area contributed by atoms with Crippen LogP contribution in [0.3, 0.4) is 0 Å². The average molecular weight is 345 g/mol. The highest BCUT2D eigenvalue weighted by atomic mass is 32.2. The Bertz CT molecular complexity index is 718. The van der Waals surface area contributed by atoms with Gasteiger partial charge < -0.3 is 9.47 Å². The molecule has 0 aromatic heterocycles. The highest BCUT2D eigenvalue weighted by molar-refractivity contribution is 8.18. The zero-order valence-electron chi connectivity index (χ0n) is 13.9. The lowest BCUT2D eigenvalue weighted by atomic mass is 10.1. The largest absolute Gasteiger partial charge is 0.493 e. The summed E-state index contributed by atoms with van der Waals surface area (Å²) in [4.78, 5) is 26.0. The smallest absolute Gasteiger partial charge is 0.293 e. The number of rotatable bonds is 6. The van der Waals surface area contributed by atoms with Crippen molar-refractivity contribution < 1.29 is 19.1 Å². The van der Waals surface area contributed by atoms with E-state index in [1.807, 2.05) is 13.8 Å². The molecule has 24 heavy (non-hydrogen) atoms. The molecule has 1 aromatic rings. The van der Waals surface area contributed by atoms with Gasteiger partial charge in [0, 0.05) is 6.54 Å². The lowest BCUT2D eigenvalue weighted by Gasteiger charge is -2.14. The van der Waals surface area contributed by atoms with E-state index >= 15 is 0 Å². The van der Waals surface area contributed by atoms with Crippen molar-refractivity contribution in [2.75, 3.05) is 20.3 Å². The van der Waals surface area contributed by atoms with E-state index in [1.165, 1.54) is 12.0 Å². The summed E-state index contributed by atoms with van der Waals surface area (Å²) >= 11 is 0.950. The van der Waals surface area contributed by atoms with Gasteiger partial charge in [-0.1, -0.05) is 25.8 Å². The lowest BCUT2D eigenvalue weighted by molar-refractivity contribution is -0.123. The summed E-state index contributed by atoms with van der Waals surface area (Å²) in [7, 11) is 1.53. The van der Waals surface area contributed by atoms with Crippen molar-refractivity contribution in [2.45, 2.75) is 13.8 Å². The molecule has 6 heteroatoms. The predicted octanol–water partition coefficient (Wildman–Crippen LogP) is 3.40. The lowest BCUT2D eigenvalue weighted by Crippen LogP contribution is -2.31. The van der Waals surface area contributed by atoms with Crippen molar-refractivity contribution in [1.82, 2.24) is 4.90 Å². The van der Waals surface area contributed by atoms with Gasteiger partial charge in [-0.15, -0.1) is 6.42 Å². The number of nitrogens with zero attached hydrogens (tertiary/aromatic N) is 1. The number of benzene rings is 1. The number of carbonyl (C=O) groups is 2. The van der Waals surface area contributed by atoms with Crippen LogP contribution in [0.25, 0.3) is 6.08 Å². The van der Waals surface area contributed by atoms with Crippen LogP contribution in [0.1, 0.15) is 19.4 Å². The van der Waals surface area contributed by atoms with Crippen LogP contribution in [-0.2, 0) is 4.79 Å². The van der Waals surface area contributed by atoms with Crippen LogP contribution < -0.4 is 9.47 Å². The third kappa shape index (κ3) is 4.12.